The Labute approximate surface area is 158 Å². The predicted molar refractivity (Wildman–Crippen MR) is 97.2 cm³/mol. The van der Waals surface area contributed by atoms with Crippen LogP contribution in [0.3, 0.4) is 0 Å². The highest BCUT2D eigenvalue weighted by atomic mass is 35.5. The van der Waals surface area contributed by atoms with Crippen LogP contribution in [0.2, 0.25) is 0 Å². The van der Waals surface area contributed by atoms with Crippen molar-refractivity contribution in [3.05, 3.63) is 47.8 Å². The van der Waals surface area contributed by atoms with Crippen LogP contribution in [0.25, 0.3) is 5.69 Å². The summed E-state index contributed by atoms with van der Waals surface area (Å²) in [5, 5.41) is 5.87. The van der Waals surface area contributed by atoms with E-state index in [4.69, 9.17) is 4.74 Å². The number of hydrogen-bond donors (Lipinski definition) is 2. The number of rotatable bonds is 4. The van der Waals surface area contributed by atoms with Gasteiger partial charge in [-0.25, -0.2) is 9.37 Å². The van der Waals surface area contributed by atoms with Gasteiger partial charge in [0, 0.05) is 32.0 Å². The first-order valence-corrected chi connectivity index (χ1v) is 7.54. The minimum absolute atomic E-state index is 0. The summed E-state index contributed by atoms with van der Waals surface area (Å²) < 4.78 is 21.3. The van der Waals surface area contributed by atoms with Crippen molar-refractivity contribution in [3.8, 4) is 5.69 Å². The SMILES string of the molecule is Cc1nccn1-c1ccc(CNC(=O)C2CNCCO2)cc1F.Cl.Cl. The summed E-state index contributed by atoms with van der Waals surface area (Å²) in [6.45, 7) is 3.85. The molecule has 2 aromatic rings. The first kappa shape index (κ1) is 21.4. The molecule has 1 aromatic heterocycles. The number of amides is 1. The van der Waals surface area contributed by atoms with Crippen molar-refractivity contribution in [1.82, 2.24) is 20.2 Å². The molecule has 1 aromatic carbocycles. The zero-order chi connectivity index (χ0) is 16.2. The minimum atomic E-state index is -0.485. The number of carbonyl (C=O) groups is 1. The fourth-order valence-electron chi connectivity index (χ4n) is 2.53. The Bertz CT molecular complexity index is 705. The second kappa shape index (κ2) is 9.72. The van der Waals surface area contributed by atoms with Crippen LogP contribution in [0.4, 0.5) is 4.39 Å². The van der Waals surface area contributed by atoms with Gasteiger partial charge < -0.3 is 19.9 Å². The van der Waals surface area contributed by atoms with Gasteiger partial charge in [-0.05, 0) is 24.6 Å². The van der Waals surface area contributed by atoms with Gasteiger partial charge in [-0.15, -0.1) is 24.8 Å². The first-order chi connectivity index (χ1) is 11.1. The number of hydrogen-bond acceptors (Lipinski definition) is 4. The summed E-state index contributed by atoms with van der Waals surface area (Å²) in [5.41, 5.74) is 1.14. The number of aryl methyl sites for hydroxylation is 1. The fraction of sp³-hybridized carbons (Fsp3) is 0.375. The molecule has 9 heteroatoms. The molecule has 1 amide bonds. The molecule has 1 saturated heterocycles. The van der Waals surface area contributed by atoms with Crippen LogP contribution in [-0.2, 0) is 16.1 Å². The molecule has 0 aliphatic carbocycles. The number of nitrogens with one attached hydrogen (secondary N) is 2. The maximum Gasteiger partial charge on any atom is 0.250 e. The lowest BCUT2D eigenvalue weighted by molar-refractivity contribution is -0.134. The highest BCUT2D eigenvalue weighted by Crippen LogP contribution is 2.16. The van der Waals surface area contributed by atoms with Crippen LogP contribution >= 0.6 is 24.8 Å². The smallest absolute Gasteiger partial charge is 0.250 e. The fourth-order valence-corrected chi connectivity index (χ4v) is 2.53. The molecule has 2 heterocycles. The van der Waals surface area contributed by atoms with Gasteiger partial charge in [0.1, 0.15) is 17.7 Å². The molecule has 1 aliphatic rings. The van der Waals surface area contributed by atoms with Crippen molar-refractivity contribution in [3.63, 3.8) is 0 Å². The number of imidazole rings is 1. The standard InChI is InChI=1S/C16H19FN4O2.2ClH/c1-11-19-4-6-21(11)14-3-2-12(8-13(14)17)9-20-16(22)15-10-18-5-7-23-15;;/h2-4,6,8,15,18H,5,7,9-10H2,1H3,(H,20,22);2*1H. The van der Waals surface area contributed by atoms with E-state index in [-0.39, 0.29) is 43.1 Å². The van der Waals surface area contributed by atoms with E-state index in [9.17, 15) is 9.18 Å². The number of halogens is 3. The Morgan fingerprint density at radius 1 is 1.48 bits per heavy atom. The van der Waals surface area contributed by atoms with E-state index in [1.165, 1.54) is 6.07 Å². The molecule has 3 rings (SSSR count). The summed E-state index contributed by atoms with van der Waals surface area (Å²) in [4.78, 5) is 16.1. The summed E-state index contributed by atoms with van der Waals surface area (Å²) >= 11 is 0. The van der Waals surface area contributed by atoms with Gasteiger partial charge in [0.25, 0.3) is 5.91 Å². The third kappa shape index (κ3) is 5.15. The summed E-state index contributed by atoms with van der Waals surface area (Å²) in [6, 6.07) is 4.90. The summed E-state index contributed by atoms with van der Waals surface area (Å²) in [5.74, 6) is 0.174. The highest BCUT2D eigenvalue weighted by molar-refractivity contribution is 5.85. The van der Waals surface area contributed by atoms with Gasteiger partial charge in [-0.3, -0.25) is 4.79 Å². The van der Waals surface area contributed by atoms with Gasteiger partial charge in [0.2, 0.25) is 0 Å². The van der Waals surface area contributed by atoms with E-state index >= 15 is 0 Å². The lowest BCUT2D eigenvalue weighted by Crippen LogP contribution is -2.47. The second-order valence-corrected chi connectivity index (χ2v) is 5.41. The van der Waals surface area contributed by atoms with Crippen LogP contribution in [0.1, 0.15) is 11.4 Å². The molecule has 1 fully saturated rings. The van der Waals surface area contributed by atoms with Gasteiger partial charge >= 0.3 is 0 Å². The molecular formula is C16H21Cl2FN4O2. The third-order valence-corrected chi connectivity index (χ3v) is 3.78. The van der Waals surface area contributed by atoms with Crippen molar-refractivity contribution < 1.29 is 13.9 Å². The van der Waals surface area contributed by atoms with Crippen LogP contribution < -0.4 is 10.6 Å². The normalized spacial score (nSPS) is 16.5. The number of nitrogens with zero attached hydrogens (tertiary/aromatic N) is 2. The molecule has 138 valence electrons. The maximum absolute atomic E-state index is 14.3. The predicted octanol–water partition coefficient (Wildman–Crippen LogP) is 1.77. The lowest BCUT2D eigenvalue weighted by atomic mass is 10.2. The topological polar surface area (TPSA) is 68.2 Å². The zero-order valence-corrected chi connectivity index (χ0v) is 15.3. The largest absolute Gasteiger partial charge is 0.366 e. The Hall–Kier alpha value is -1.67. The number of carbonyl (C=O) groups excluding carboxylic acids is 1. The van der Waals surface area contributed by atoms with E-state index in [2.05, 4.69) is 15.6 Å². The van der Waals surface area contributed by atoms with E-state index in [0.29, 0.717) is 30.2 Å². The molecule has 0 radical (unpaired) electrons. The average Bonchev–Trinajstić information content (AvgIpc) is 2.99. The van der Waals surface area contributed by atoms with Crippen molar-refractivity contribution in [2.45, 2.75) is 19.6 Å². The first-order valence-electron chi connectivity index (χ1n) is 7.54. The molecule has 2 N–H and O–H groups in total. The number of ether oxygens (including phenoxy) is 1. The molecule has 0 bridgehead atoms. The van der Waals surface area contributed by atoms with E-state index in [1.54, 1.807) is 29.1 Å². The van der Waals surface area contributed by atoms with Crippen LogP contribution in [0, 0.1) is 12.7 Å². The molecule has 1 atom stereocenters. The molecule has 6 nitrogen and oxygen atoms in total. The quantitative estimate of drug-likeness (QED) is 0.834. The van der Waals surface area contributed by atoms with Gasteiger partial charge in [-0.1, -0.05) is 6.07 Å². The Balaban J connectivity index is 0.00000156. The average molecular weight is 391 g/mol. The van der Waals surface area contributed by atoms with Gasteiger partial charge in [-0.2, -0.15) is 0 Å². The number of aromatic nitrogens is 2. The third-order valence-electron chi connectivity index (χ3n) is 3.78. The van der Waals surface area contributed by atoms with E-state index in [0.717, 1.165) is 6.54 Å². The Kier molecular flexibility index (Phi) is 8.31. The number of benzene rings is 1. The van der Waals surface area contributed by atoms with Gasteiger partial charge in [0.05, 0.1) is 12.3 Å². The summed E-state index contributed by atoms with van der Waals surface area (Å²) in [6.07, 6.45) is 2.85. The van der Waals surface area contributed by atoms with Crippen LogP contribution in [-0.4, -0.2) is 41.3 Å². The minimum Gasteiger partial charge on any atom is -0.366 e. The maximum atomic E-state index is 14.3. The number of morpholine rings is 1. The molecule has 0 spiro atoms. The highest BCUT2D eigenvalue weighted by Gasteiger charge is 2.21. The van der Waals surface area contributed by atoms with Gasteiger partial charge in [0.15, 0.2) is 0 Å². The summed E-state index contributed by atoms with van der Waals surface area (Å²) in [7, 11) is 0. The molecule has 25 heavy (non-hydrogen) atoms. The van der Waals surface area contributed by atoms with Crippen molar-refractivity contribution >= 4 is 30.7 Å². The lowest BCUT2D eigenvalue weighted by Gasteiger charge is -2.22. The molecular weight excluding hydrogens is 370 g/mol. The van der Waals surface area contributed by atoms with Crippen LogP contribution in [0.15, 0.2) is 30.6 Å². The van der Waals surface area contributed by atoms with E-state index < -0.39 is 6.10 Å². The van der Waals surface area contributed by atoms with Crippen molar-refractivity contribution in [2.24, 2.45) is 0 Å². The molecule has 0 saturated carbocycles. The zero-order valence-electron chi connectivity index (χ0n) is 13.7. The Morgan fingerprint density at radius 2 is 2.28 bits per heavy atom. The molecule has 1 unspecified atom stereocenters. The monoisotopic (exact) mass is 390 g/mol. The van der Waals surface area contributed by atoms with Crippen molar-refractivity contribution in [1.29, 1.82) is 0 Å². The van der Waals surface area contributed by atoms with Crippen molar-refractivity contribution in [2.75, 3.05) is 19.7 Å². The second-order valence-electron chi connectivity index (χ2n) is 5.41. The Morgan fingerprint density at radius 3 is 2.88 bits per heavy atom. The van der Waals surface area contributed by atoms with E-state index in [1.807, 2.05) is 6.92 Å². The van der Waals surface area contributed by atoms with Crippen LogP contribution in [0.5, 0.6) is 0 Å². The molecule has 1 aliphatic heterocycles.